The van der Waals surface area contributed by atoms with Crippen LogP contribution >= 0.6 is 7.37 Å². The van der Waals surface area contributed by atoms with Crippen LogP contribution in [0.3, 0.4) is 0 Å². The van der Waals surface area contributed by atoms with E-state index in [0.717, 1.165) is 32.1 Å². The molecule has 0 aromatic carbocycles. The van der Waals surface area contributed by atoms with Crippen molar-refractivity contribution in [3.63, 3.8) is 0 Å². The van der Waals surface area contributed by atoms with Gasteiger partial charge in [-0.15, -0.1) is 0 Å². The van der Waals surface area contributed by atoms with Crippen LogP contribution in [0, 0.1) is 17.8 Å². The van der Waals surface area contributed by atoms with E-state index in [2.05, 4.69) is 5.32 Å². The molecule has 6 atom stereocenters. The Kier molecular flexibility index (Phi) is 12.4. The molecule has 176 valence electrons. The fourth-order valence-corrected chi connectivity index (χ4v) is 8.81. The molecule has 0 spiro atoms. The zero-order chi connectivity index (χ0) is 22.9. The van der Waals surface area contributed by atoms with Gasteiger partial charge in [0.2, 0.25) is 0 Å². The minimum absolute atomic E-state index is 0.00825. The van der Waals surface area contributed by atoms with E-state index < -0.39 is 40.0 Å². The van der Waals surface area contributed by atoms with Gasteiger partial charge in [-0.2, -0.15) is 0 Å². The molecule has 0 aromatic heterocycles. The first kappa shape index (κ1) is 27.8. The van der Waals surface area contributed by atoms with Crippen LogP contribution in [0.1, 0.15) is 66.2 Å². The monoisotopic (exact) mass is 508 g/mol. The third-order valence-corrected chi connectivity index (χ3v) is 12.1. The molecule has 7 nitrogen and oxygen atoms in total. The Bertz CT molecular complexity index is 598. The second kappa shape index (κ2) is 13.4. The second-order valence-electron chi connectivity index (χ2n) is 9.26. The number of aliphatic hydroxyl groups is 1. The molecule has 0 aliphatic heterocycles. The van der Waals surface area contributed by atoms with Crippen molar-refractivity contribution in [2.75, 3.05) is 18.9 Å². The number of aliphatic hydroxyl groups excluding tert-OH is 1. The zero-order valence-corrected chi connectivity index (χ0v) is 22.0. The molecule has 0 saturated heterocycles. The molecule has 1 fully saturated rings. The molecule has 4 unspecified atom stereocenters. The van der Waals surface area contributed by atoms with E-state index in [-0.39, 0.29) is 47.1 Å². The van der Waals surface area contributed by atoms with Crippen LogP contribution in [0.5, 0.6) is 0 Å². The number of carbonyl (C=O) groups is 2. The molecular weight excluding hydrogens is 466 g/mol. The van der Waals surface area contributed by atoms with Crippen molar-refractivity contribution < 1.29 is 24.2 Å². The van der Waals surface area contributed by atoms with Gasteiger partial charge in [-0.3, -0.25) is 0 Å². The number of amides is 1. The summed E-state index contributed by atoms with van der Waals surface area (Å²) in [5.41, 5.74) is 6.04. The molecule has 0 bridgehead atoms. The summed E-state index contributed by atoms with van der Waals surface area (Å²) in [5, 5.41) is 12.9. The van der Waals surface area contributed by atoms with E-state index in [4.69, 9.17) is 5.73 Å². The predicted molar refractivity (Wildman–Crippen MR) is 123 cm³/mol. The zero-order valence-electron chi connectivity index (χ0n) is 19.0. The van der Waals surface area contributed by atoms with Gasteiger partial charge in [-0.1, -0.05) is 0 Å². The minimum atomic E-state index is -3.43. The van der Waals surface area contributed by atoms with Crippen LogP contribution in [0.25, 0.3) is 0 Å². The molecular formula is C21H42AsN2O5P. The summed E-state index contributed by atoms with van der Waals surface area (Å²) in [4.78, 5) is 35.4. The summed E-state index contributed by atoms with van der Waals surface area (Å²) in [5.74, 6) is 0.0638. The van der Waals surface area contributed by atoms with Crippen LogP contribution < -0.4 is 11.1 Å². The summed E-state index contributed by atoms with van der Waals surface area (Å²) in [6, 6.07) is -0.533. The van der Waals surface area contributed by atoms with Crippen molar-refractivity contribution in [3.05, 3.63) is 0 Å². The van der Waals surface area contributed by atoms with Crippen molar-refractivity contribution in [2.24, 2.45) is 23.5 Å². The molecule has 1 saturated carbocycles. The number of hydrogen-bond donors (Lipinski definition) is 4. The fraction of sp³-hybridized carbons (Fsp3) is 0.905. The maximum atomic E-state index is 12.7. The molecule has 5 N–H and O–H groups in total. The van der Waals surface area contributed by atoms with Crippen molar-refractivity contribution in [1.29, 1.82) is 0 Å². The van der Waals surface area contributed by atoms with Crippen molar-refractivity contribution >= 4 is 33.6 Å². The first-order valence-corrected chi connectivity index (χ1v) is 15.6. The van der Waals surface area contributed by atoms with Gasteiger partial charge in [-0.25, -0.2) is 0 Å². The van der Waals surface area contributed by atoms with E-state index in [1.165, 1.54) is 6.42 Å². The van der Waals surface area contributed by atoms with E-state index in [1.54, 1.807) is 0 Å². The molecule has 1 amide bonds. The summed E-state index contributed by atoms with van der Waals surface area (Å²) in [7, 11) is -3.43. The van der Waals surface area contributed by atoms with Crippen molar-refractivity contribution in [3.8, 4) is 0 Å². The molecule has 0 radical (unpaired) electrons. The van der Waals surface area contributed by atoms with Crippen LogP contribution in [-0.2, 0) is 14.2 Å². The average molecular weight is 508 g/mol. The number of nitrogens with one attached hydrogen (secondary N) is 1. The summed E-state index contributed by atoms with van der Waals surface area (Å²) in [6.45, 7) is 7.65. The number of rotatable bonds is 13. The number of nitrogens with two attached hydrogens (primary N) is 1. The fourth-order valence-electron chi connectivity index (χ4n) is 3.87. The summed E-state index contributed by atoms with van der Waals surface area (Å²) < 4.78 is 12.1. The van der Waals surface area contributed by atoms with Gasteiger partial charge in [0.1, 0.15) is 0 Å². The molecule has 0 heterocycles. The second-order valence-corrected chi connectivity index (χ2v) is 14.6. The van der Waals surface area contributed by atoms with Crippen molar-refractivity contribution in [1.82, 2.24) is 5.32 Å². The van der Waals surface area contributed by atoms with Crippen LogP contribution in [0.15, 0.2) is 0 Å². The Labute approximate surface area is 188 Å². The van der Waals surface area contributed by atoms with E-state index >= 15 is 0 Å². The Hall–Kier alpha value is -0.192. The topological polar surface area (TPSA) is 130 Å². The standard InChI is InChI=1S/C21H42AsN2O5P/c1-5-15(4)19(23)20(26)22-18(14(2)3)21(27)24-11-17(25)13-30(28,29)12-16-9-7-6-8-10-16/h14-19,22,25H,5-13,23H2,1-4H3,(H,24,27)(H,28,29)/t15?,17-,18-,19?/m0/s1. The molecule has 1 aliphatic carbocycles. The van der Waals surface area contributed by atoms with Gasteiger partial charge < -0.3 is 0 Å². The van der Waals surface area contributed by atoms with Crippen molar-refractivity contribution in [2.45, 2.75) is 83.1 Å². The Morgan fingerprint density at radius 1 is 1.20 bits per heavy atom. The van der Waals surface area contributed by atoms with Crippen LogP contribution in [-0.4, -0.2) is 67.2 Å². The molecule has 1 rings (SSSR count). The van der Waals surface area contributed by atoms with Crippen LogP contribution in [0.4, 0.5) is 0 Å². The summed E-state index contributed by atoms with van der Waals surface area (Å²) >= 11 is -1.26. The molecule has 0 aromatic rings. The third kappa shape index (κ3) is 9.95. The normalized spacial score (nSPS) is 21.9. The SMILES string of the molecule is CCC(C)C(N)C(=O)[AsH][C@H](C(=O)NC[C@H](O)CP(=O)(O)CC1CCCCC1)C(C)C. The Morgan fingerprint density at radius 3 is 2.33 bits per heavy atom. The Balaban J connectivity index is 2.53. The van der Waals surface area contributed by atoms with Gasteiger partial charge in [0.15, 0.2) is 0 Å². The van der Waals surface area contributed by atoms with Crippen LogP contribution in [0.2, 0.25) is 4.71 Å². The molecule has 30 heavy (non-hydrogen) atoms. The third-order valence-electron chi connectivity index (χ3n) is 6.08. The molecule has 9 heteroatoms. The van der Waals surface area contributed by atoms with Gasteiger partial charge in [0, 0.05) is 0 Å². The predicted octanol–water partition coefficient (Wildman–Crippen LogP) is 2.10. The van der Waals surface area contributed by atoms with Gasteiger partial charge in [-0.05, 0) is 0 Å². The summed E-state index contributed by atoms with van der Waals surface area (Å²) in [6.07, 6.45) is 5.13. The van der Waals surface area contributed by atoms with Gasteiger partial charge in [0.25, 0.3) is 0 Å². The maximum absolute atomic E-state index is 12.7. The number of carbonyl (C=O) groups excluding carboxylic acids is 2. The average Bonchev–Trinajstić information content (AvgIpc) is 2.68. The van der Waals surface area contributed by atoms with Gasteiger partial charge >= 0.3 is 188 Å². The number of hydrogen-bond acceptors (Lipinski definition) is 5. The quantitative estimate of drug-likeness (QED) is 0.223. The van der Waals surface area contributed by atoms with E-state index in [9.17, 15) is 24.2 Å². The first-order chi connectivity index (χ1) is 14.0. The first-order valence-electron chi connectivity index (χ1n) is 11.3. The van der Waals surface area contributed by atoms with E-state index in [0.29, 0.717) is 0 Å². The Morgan fingerprint density at radius 2 is 1.80 bits per heavy atom. The van der Waals surface area contributed by atoms with E-state index in [1.807, 2.05) is 27.7 Å². The van der Waals surface area contributed by atoms with Gasteiger partial charge in [0.05, 0.1) is 0 Å². The molecule has 1 aliphatic rings.